The smallest absolute Gasteiger partial charge is 0.209 e. The molecule has 4 aromatic rings. The number of guanidine groups is 1. The molecule has 4 rings (SSSR count). The van der Waals surface area contributed by atoms with Crippen molar-refractivity contribution in [3.63, 3.8) is 0 Å². The third-order valence-electron chi connectivity index (χ3n) is 4.91. The molecule has 0 atom stereocenters. The fourth-order valence-corrected chi connectivity index (χ4v) is 3.34. The lowest BCUT2D eigenvalue weighted by atomic mass is 10.1. The first-order valence-corrected chi connectivity index (χ1v) is 10.7. The Kier molecular flexibility index (Phi) is 7.05. The van der Waals surface area contributed by atoms with Crippen molar-refractivity contribution in [1.82, 2.24) is 10.4 Å². The number of aromatic amines is 1. The Morgan fingerprint density at radius 2 is 1.84 bits per heavy atom. The van der Waals surface area contributed by atoms with Crippen molar-refractivity contribution < 1.29 is 4.74 Å². The van der Waals surface area contributed by atoms with E-state index in [1.165, 1.54) is 0 Å². The summed E-state index contributed by atoms with van der Waals surface area (Å²) < 4.78 is 5.93. The SMILES string of the molecule is NC(=NCCc1ccc(Cl)cc1)N/N=C/c1c[nH]c2ccc(OCc3ccccc3)cc12. The number of benzene rings is 3. The highest BCUT2D eigenvalue weighted by Crippen LogP contribution is 2.23. The summed E-state index contributed by atoms with van der Waals surface area (Å²) in [6.07, 6.45) is 4.38. The molecule has 0 saturated carbocycles. The van der Waals surface area contributed by atoms with Crippen LogP contribution in [0.2, 0.25) is 5.02 Å². The number of H-pyrrole nitrogens is 1. The van der Waals surface area contributed by atoms with Gasteiger partial charge < -0.3 is 15.5 Å². The summed E-state index contributed by atoms with van der Waals surface area (Å²) in [5.41, 5.74) is 12.9. The Labute approximate surface area is 191 Å². The Balaban J connectivity index is 1.33. The van der Waals surface area contributed by atoms with Crippen LogP contribution < -0.4 is 15.9 Å². The second-order valence-electron chi connectivity index (χ2n) is 7.24. The highest BCUT2D eigenvalue weighted by atomic mass is 35.5. The van der Waals surface area contributed by atoms with Crippen LogP contribution >= 0.6 is 11.6 Å². The summed E-state index contributed by atoms with van der Waals surface area (Å²) in [5, 5.41) is 5.95. The molecule has 0 aliphatic rings. The van der Waals surface area contributed by atoms with E-state index < -0.39 is 0 Å². The number of hydrogen-bond donors (Lipinski definition) is 3. The van der Waals surface area contributed by atoms with Crippen LogP contribution in [0.4, 0.5) is 0 Å². The zero-order chi connectivity index (χ0) is 22.2. The predicted molar refractivity (Wildman–Crippen MR) is 131 cm³/mol. The summed E-state index contributed by atoms with van der Waals surface area (Å²) in [6, 6.07) is 23.7. The maximum atomic E-state index is 5.93. The van der Waals surface area contributed by atoms with E-state index in [2.05, 4.69) is 20.5 Å². The number of halogens is 1. The minimum atomic E-state index is 0.266. The zero-order valence-corrected chi connectivity index (χ0v) is 18.2. The number of fused-ring (bicyclic) bond motifs is 1. The van der Waals surface area contributed by atoms with Gasteiger partial charge in [-0.3, -0.25) is 4.99 Å². The van der Waals surface area contributed by atoms with Crippen molar-refractivity contribution in [1.29, 1.82) is 0 Å². The van der Waals surface area contributed by atoms with Gasteiger partial charge in [-0.1, -0.05) is 54.1 Å². The number of nitrogens with one attached hydrogen (secondary N) is 2. The molecule has 4 N–H and O–H groups in total. The van der Waals surface area contributed by atoms with Crippen molar-refractivity contribution >= 4 is 34.7 Å². The Bertz CT molecular complexity index is 1220. The number of aromatic nitrogens is 1. The average molecular weight is 446 g/mol. The number of aliphatic imine (C=N–C) groups is 1. The largest absolute Gasteiger partial charge is 0.489 e. The van der Waals surface area contributed by atoms with Crippen LogP contribution in [0.3, 0.4) is 0 Å². The van der Waals surface area contributed by atoms with Crippen molar-refractivity contribution in [2.24, 2.45) is 15.8 Å². The molecule has 0 bridgehead atoms. The molecule has 0 spiro atoms. The number of hydrazone groups is 1. The molecule has 0 aliphatic heterocycles. The first-order chi connectivity index (χ1) is 15.7. The van der Waals surface area contributed by atoms with E-state index in [0.717, 1.165) is 44.8 Å². The molecule has 1 heterocycles. The van der Waals surface area contributed by atoms with Crippen LogP contribution in [0.25, 0.3) is 10.9 Å². The molecule has 0 saturated heterocycles. The highest BCUT2D eigenvalue weighted by molar-refractivity contribution is 6.30. The Morgan fingerprint density at radius 1 is 1.03 bits per heavy atom. The third kappa shape index (κ3) is 5.89. The van der Waals surface area contributed by atoms with Gasteiger partial charge in [-0.2, -0.15) is 5.10 Å². The van der Waals surface area contributed by atoms with Crippen LogP contribution in [0.5, 0.6) is 5.75 Å². The minimum absolute atomic E-state index is 0.266. The monoisotopic (exact) mass is 445 g/mol. The molecule has 3 aromatic carbocycles. The molecule has 162 valence electrons. The first kappa shape index (κ1) is 21.5. The average Bonchev–Trinajstić information content (AvgIpc) is 3.22. The Hall–Kier alpha value is -3.77. The van der Waals surface area contributed by atoms with Crippen LogP contribution in [0.1, 0.15) is 16.7 Å². The summed E-state index contributed by atoms with van der Waals surface area (Å²) in [5.74, 6) is 1.06. The zero-order valence-electron chi connectivity index (χ0n) is 17.5. The predicted octanol–water partition coefficient (Wildman–Crippen LogP) is 4.88. The van der Waals surface area contributed by atoms with Crippen LogP contribution in [-0.2, 0) is 13.0 Å². The van der Waals surface area contributed by atoms with Gasteiger partial charge in [0.2, 0.25) is 5.96 Å². The van der Waals surface area contributed by atoms with E-state index >= 15 is 0 Å². The highest BCUT2D eigenvalue weighted by Gasteiger charge is 2.04. The molecule has 0 unspecified atom stereocenters. The van der Waals surface area contributed by atoms with E-state index in [1.807, 2.05) is 79.0 Å². The van der Waals surface area contributed by atoms with Crippen molar-refractivity contribution in [3.05, 3.63) is 101 Å². The lowest BCUT2D eigenvalue weighted by Crippen LogP contribution is -2.27. The second kappa shape index (κ2) is 10.5. The van der Waals surface area contributed by atoms with Gasteiger partial charge >= 0.3 is 0 Å². The van der Waals surface area contributed by atoms with Gasteiger partial charge in [0.15, 0.2) is 0 Å². The fraction of sp³-hybridized carbons (Fsp3) is 0.120. The topological polar surface area (TPSA) is 87.8 Å². The van der Waals surface area contributed by atoms with Gasteiger partial charge in [-0.15, -0.1) is 0 Å². The molecule has 6 nitrogen and oxygen atoms in total. The van der Waals surface area contributed by atoms with Gasteiger partial charge in [0.1, 0.15) is 12.4 Å². The van der Waals surface area contributed by atoms with Crippen LogP contribution in [0.15, 0.2) is 89.1 Å². The molecule has 0 aliphatic carbocycles. The van der Waals surface area contributed by atoms with Crippen molar-refractivity contribution in [2.75, 3.05) is 6.54 Å². The molecular weight excluding hydrogens is 422 g/mol. The van der Waals surface area contributed by atoms with Crippen molar-refractivity contribution in [3.8, 4) is 5.75 Å². The molecule has 0 amide bonds. The van der Waals surface area contributed by atoms with Gasteiger partial charge in [0.25, 0.3) is 0 Å². The number of nitrogens with two attached hydrogens (primary N) is 1. The van der Waals surface area contributed by atoms with Crippen LogP contribution in [0, 0.1) is 0 Å². The Morgan fingerprint density at radius 3 is 2.66 bits per heavy atom. The summed E-state index contributed by atoms with van der Waals surface area (Å²) in [6.45, 7) is 1.08. The molecule has 0 fully saturated rings. The number of rotatable bonds is 8. The normalized spacial score (nSPS) is 11.8. The maximum absolute atomic E-state index is 5.93. The molecule has 0 radical (unpaired) electrons. The van der Waals surface area contributed by atoms with E-state index in [-0.39, 0.29) is 5.96 Å². The van der Waals surface area contributed by atoms with Crippen molar-refractivity contribution in [2.45, 2.75) is 13.0 Å². The van der Waals surface area contributed by atoms with E-state index in [9.17, 15) is 0 Å². The second-order valence-corrected chi connectivity index (χ2v) is 7.68. The van der Waals surface area contributed by atoms with Gasteiger partial charge in [0, 0.05) is 34.2 Å². The number of nitrogens with zero attached hydrogens (tertiary/aromatic N) is 2. The molecule has 7 heteroatoms. The standard InChI is InChI=1S/C25H24ClN5O/c26-21-8-6-18(7-9-21)12-13-28-25(27)31-30-16-20-15-29-24-11-10-22(14-23(20)24)32-17-19-4-2-1-3-5-19/h1-11,14-16,29H,12-13,17H2,(H3,27,28,31)/b30-16+. The van der Waals surface area contributed by atoms with Gasteiger partial charge in [0.05, 0.1) is 6.21 Å². The lowest BCUT2D eigenvalue weighted by molar-refractivity contribution is 0.306. The maximum Gasteiger partial charge on any atom is 0.209 e. The summed E-state index contributed by atoms with van der Waals surface area (Å²) in [4.78, 5) is 7.54. The molecular formula is C25H24ClN5O. The molecule has 1 aromatic heterocycles. The van der Waals surface area contributed by atoms with E-state index in [4.69, 9.17) is 22.1 Å². The number of hydrogen-bond acceptors (Lipinski definition) is 3. The van der Waals surface area contributed by atoms with Crippen LogP contribution in [-0.4, -0.2) is 23.7 Å². The van der Waals surface area contributed by atoms with Gasteiger partial charge in [-0.25, -0.2) is 5.43 Å². The van der Waals surface area contributed by atoms with E-state index in [1.54, 1.807) is 6.21 Å². The minimum Gasteiger partial charge on any atom is -0.489 e. The quantitative estimate of drug-likeness (QED) is 0.205. The molecule has 32 heavy (non-hydrogen) atoms. The summed E-state index contributed by atoms with van der Waals surface area (Å²) >= 11 is 5.90. The first-order valence-electron chi connectivity index (χ1n) is 10.3. The van der Waals surface area contributed by atoms with Gasteiger partial charge in [-0.05, 0) is 47.9 Å². The summed E-state index contributed by atoms with van der Waals surface area (Å²) in [7, 11) is 0. The lowest BCUT2D eigenvalue weighted by Gasteiger charge is -2.06. The third-order valence-corrected chi connectivity index (χ3v) is 5.16. The number of ether oxygens (including phenoxy) is 1. The fourth-order valence-electron chi connectivity index (χ4n) is 3.22. The van der Waals surface area contributed by atoms with E-state index in [0.29, 0.717) is 13.2 Å².